The van der Waals surface area contributed by atoms with E-state index in [0.717, 1.165) is 60.3 Å². The number of fused-ring (bicyclic) bond motifs is 1. The third-order valence-electron chi connectivity index (χ3n) is 5.83. The van der Waals surface area contributed by atoms with E-state index in [-0.39, 0.29) is 5.56 Å². The fraction of sp³-hybridized carbons (Fsp3) is 0.385. The second kappa shape index (κ2) is 11.2. The Morgan fingerprint density at radius 1 is 0.969 bits per heavy atom. The van der Waals surface area contributed by atoms with Gasteiger partial charge in [0.2, 0.25) is 0 Å². The van der Waals surface area contributed by atoms with Crippen LogP contribution in [-0.2, 0) is 6.54 Å². The number of thiocarbonyl (C=S) groups is 1. The van der Waals surface area contributed by atoms with Gasteiger partial charge in [-0.2, -0.15) is 0 Å². The predicted octanol–water partition coefficient (Wildman–Crippen LogP) is 5.08. The molecule has 1 aromatic heterocycles. The second-order valence-electron chi connectivity index (χ2n) is 8.31. The van der Waals surface area contributed by atoms with Crippen LogP contribution in [0.1, 0.15) is 37.0 Å². The molecule has 0 bridgehead atoms. The van der Waals surface area contributed by atoms with Crippen molar-refractivity contribution in [3.63, 3.8) is 0 Å². The van der Waals surface area contributed by atoms with Crippen LogP contribution in [0.15, 0.2) is 53.3 Å². The number of hydrogen-bond donors (Lipinski definition) is 2. The van der Waals surface area contributed by atoms with Gasteiger partial charge in [0.15, 0.2) is 5.11 Å². The van der Waals surface area contributed by atoms with Crippen molar-refractivity contribution in [2.24, 2.45) is 0 Å². The van der Waals surface area contributed by atoms with Crippen molar-refractivity contribution in [3.05, 3.63) is 75.6 Å². The standard InChI is InChI=1S/C26H34N4OS/c1-5-29(6-2)14-7-15-30(26(32)27-23-12-9-19(3)10-13-23)18-22-17-21-11-8-20(4)16-24(21)28-25(22)31/h8-13,16-17H,5-7,14-15,18H2,1-4H3,(H,27,32)(H,28,31). The molecule has 5 nitrogen and oxygen atoms in total. The first-order chi connectivity index (χ1) is 15.4. The Hall–Kier alpha value is -2.70. The molecule has 0 aliphatic carbocycles. The smallest absolute Gasteiger partial charge is 0.253 e. The summed E-state index contributed by atoms with van der Waals surface area (Å²) in [5.41, 5.74) is 4.81. The maximum absolute atomic E-state index is 12.8. The fourth-order valence-corrected chi connectivity index (χ4v) is 4.07. The molecular weight excluding hydrogens is 416 g/mol. The summed E-state index contributed by atoms with van der Waals surface area (Å²) in [5, 5.41) is 5.02. The minimum atomic E-state index is -0.0602. The Bertz CT molecular complexity index is 1100. The highest BCUT2D eigenvalue weighted by Gasteiger charge is 2.14. The van der Waals surface area contributed by atoms with E-state index in [0.29, 0.717) is 11.7 Å². The van der Waals surface area contributed by atoms with Gasteiger partial charge in [-0.1, -0.05) is 43.7 Å². The van der Waals surface area contributed by atoms with Gasteiger partial charge in [-0.05, 0) is 87.3 Å². The third kappa shape index (κ3) is 6.40. The van der Waals surface area contributed by atoms with Crippen LogP contribution in [0.25, 0.3) is 10.9 Å². The first-order valence-corrected chi connectivity index (χ1v) is 11.8. The van der Waals surface area contributed by atoms with Gasteiger partial charge in [0.05, 0.1) is 6.54 Å². The summed E-state index contributed by atoms with van der Waals surface area (Å²) in [6.45, 7) is 12.8. The summed E-state index contributed by atoms with van der Waals surface area (Å²) in [4.78, 5) is 20.4. The molecule has 1 heterocycles. The zero-order chi connectivity index (χ0) is 23.1. The average Bonchev–Trinajstić information content (AvgIpc) is 2.77. The van der Waals surface area contributed by atoms with E-state index < -0.39 is 0 Å². The number of aromatic amines is 1. The number of hydrogen-bond acceptors (Lipinski definition) is 3. The molecule has 6 heteroatoms. The van der Waals surface area contributed by atoms with Crippen LogP contribution in [0.4, 0.5) is 5.69 Å². The largest absolute Gasteiger partial charge is 0.344 e. The Balaban J connectivity index is 1.80. The van der Waals surface area contributed by atoms with Gasteiger partial charge in [-0.15, -0.1) is 0 Å². The quantitative estimate of drug-likeness (QED) is 0.446. The van der Waals surface area contributed by atoms with E-state index in [1.54, 1.807) is 0 Å². The van der Waals surface area contributed by atoms with Gasteiger partial charge in [-0.3, -0.25) is 4.79 Å². The number of pyridine rings is 1. The van der Waals surface area contributed by atoms with E-state index in [2.05, 4.69) is 65.1 Å². The zero-order valence-corrected chi connectivity index (χ0v) is 20.4. The summed E-state index contributed by atoms with van der Waals surface area (Å²) in [7, 11) is 0. The molecule has 0 amide bonds. The Kier molecular flexibility index (Phi) is 8.42. The number of aryl methyl sites for hydroxylation is 2. The number of nitrogens with one attached hydrogen (secondary N) is 2. The normalized spacial score (nSPS) is 11.2. The van der Waals surface area contributed by atoms with Crippen molar-refractivity contribution in [2.45, 2.75) is 40.7 Å². The minimum Gasteiger partial charge on any atom is -0.344 e. The molecule has 0 aliphatic rings. The van der Waals surface area contributed by atoms with Crippen LogP contribution in [-0.4, -0.2) is 46.1 Å². The third-order valence-corrected chi connectivity index (χ3v) is 6.19. The van der Waals surface area contributed by atoms with Crippen molar-refractivity contribution < 1.29 is 0 Å². The van der Waals surface area contributed by atoms with Crippen molar-refractivity contribution in [3.8, 4) is 0 Å². The summed E-state index contributed by atoms with van der Waals surface area (Å²) in [6, 6.07) is 16.3. The zero-order valence-electron chi connectivity index (χ0n) is 19.6. The van der Waals surface area contributed by atoms with Crippen molar-refractivity contribution in [2.75, 3.05) is 31.5 Å². The van der Waals surface area contributed by atoms with Gasteiger partial charge in [0, 0.05) is 23.3 Å². The molecule has 0 unspecified atom stereocenters. The van der Waals surface area contributed by atoms with Gasteiger partial charge < -0.3 is 20.1 Å². The number of aromatic nitrogens is 1. The number of anilines is 1. The average molecular weight is 451 g/mol. The molecule has 0 spiro atoms. The van der Waals surface area contributed by atoms with E-state index >= 15 is 0 Å². The predicted molar refractivity (Wildman–Crippen MR) is 140 cm³/mol. The Morgan fingerprint density at radius 2 is 1.66 bits per heavy atom. The van der Waals surface area contributed by atoms with Crippen molar-refractivity contribution in [1.82, 2.24) is 14.8 Å². The molecule has 170 valence electrons. The number of rotatable bonds is 9. The first-order valence-electron chi connectivity index (χ1n) is 11.4. The highest BCUT2D eigenvalue weighted by atomic mass is 32.1. The molecule has 3 rings (SSSR count). The molecule has 0 fully saturated rings. The summed E-state index contributed by atoms with van der Waals surface area (Å²) >= 11 is 5.77. The van der Waals surface area contributed by atoms with E-state index in [9.17, 15) is 4.79 Å². The maximum atomic E-state index is 12.8. The van der Waals surface area contributed by atoms with Crippen LogP contribution >= 0.6 is 12.2 Å². The highest BCUT2D eigenvalue weighted by Crippen LogP contribution is 2.16. The van der Waals surface area contributed by atoms with Gasteiger partial charge in [0.25, 0.3) is 5.56 Å². The van der Waals surface area contributed by atoms with Crippen LogP contribution in [0, 0.1) is 13.8 Å². The highest BCUT2D eigenvalue weighted by molar-refractivity contribution is 7.80. The van der Waals surface area contributed by atoms with Crippen molar-refractivity contribution >= 4 is 33.9 Å². The van der Waals surface area contributed by atoms with E-state index in [4.69, 9.17) is 12.2 Å². The lowest BCUT2D eigenvalue weighted by atomic mass is 10.1. The van der Waals surface area contributed by atoms with Crippen molar-refractivity contribution in [1.29, 1.82) is 0 Å². The van der Waals surface area contributed by atoms with E-state index in [1.165, 1.54) is 5.56 Å². The van der Waals surface area contributed by atoms with Crippen LogP contribution in [0.3, 0.4) is 0 Å². The molecule has 0 saturated heterocycles. The van der Waals surface area contributed by atoms with Crippen LogP contribution in [0.2, 0.25) is 0 Å². The molecule has 0 atom stereocenters. The lowest BCUT2D eigenvalue weighted by molar-refractivity contribution is 0.281. The lowest BCUT2D eigenvalue weighted by Gasteiger charge is -2.27. The summed E-state index contributed by atoms with van der Waals surface area (Å²) < 4.78 is 0. The van der Waals surface area contributed by atoms with E-state index in [1.807, 2.05) is 31.2 Å². The van der Waals surface area contributed by atoms with Crippen LogP contribution in [0.5, 0.6) is 0 Å². The molecule has 0 saturated carbocycles. The molecule has 0 aliphatic heterocycles. The molecule has 32 heavy (non-hydrogen) atoms. The van der Waals surface area contributed by atoms with Gasteiger partial charge >= 0.3 is 0 Å². The van der Waals surface area contributed by atoms with Gasteiger partial charge in [0.1, 0.15) is 0 Å². The molecule has 2 aromatic carbocycles. The second-order valence-corrected chi connectivity index (χ2v) is 8.70. The monoisotopic (exact) mass is 450 g/mol. The topological polar surface area (TPSA) is 51.4 Å². The molecular formula is C26H34N4OS. The summed E-state index contributed by atoms with van der Waals surface area (Å²) in [6.07, 6.45) is 0.974. The Morgan fingerprint density at radius 3 is 2.34 bits per heavy atom. The minimum absolute atomic E-state index is 0.0602. The number of nitrogens with zero attached hydrogens (tertiary/aromatic N) is 2. The maximum Gasteiger partial charge on any atom is 0.253 e. The van der Waals surface area contributed by atoms with Crippen LogP contribution < -0.4 is 10.9 Å². The Labute approximate surface area is 196 Å². The van der Waals surface area contributed by atoms with Gasteiger partial charge in [-0.25, -0.2) is 0 Å². The number of benzene rings is 2. The molecule has 3 aromatic rings. The SMILES string of the molecule is CCN(CC)CCCN(Cc1cc2ccc(C)cc2[nH]c1=O)C(=S)Nc1ccc(C)cc1. The molecule has 2 N–H and O–H groups in total. The number of H-pyrrole nitrogens is 1. The molecule has 0 radical (unpaired) electrons. The summed E-state index contributed by atoms with van der Waals surface area (Å²) in [5.74, 6) is 0. The fourth-order valence-electron chi connectivity index (χ4n) is 3.80. The first kappa shape index (κ1) is 24.0. The lowest BCUT2D eigenvalue weighted by Crippen LogP contribution is -2.38.